The zero-order chi connectivity index (χ0) is 15.5. The van der Waals surface area contributed by atoms with Crippen molar-refractivity contribution in [1.29, 1.82) is 0 Å². The molecule has 0 spiro atoms. The molecule has 1 N–H and O–H groups in total. The highest BCUT2D eigenvalue weighted by Gasteiger charge is 2.31. The van der Waals surface area contributed by atoms with Crippen LogP contribution in [-0.4, -0.2) is 22.6 Å². The Morgan fingerprint density at radius 1 is 1.25 bits per heavy atom. The summed E-state index contributed by atoms with van der Waals surface area (Å²) in [4.78, 5) is 22.9. The molecule has 0 saturated heterocycles. The molecule has 1 aromatic rings. The highest BCUT2D eigenvalue weighted by Crippen LogP contribution is 2.17. The van der Waals surface area contributed by atoms with Crippen LogP contribution in [0.2, 0.25) is 0 Å². The number of carbonyl (C=O) groups excluding carboxylic acids is 1. The number of esters is 1. The molecule has 0 fully saturated rings. The van der Waals surface area contributed by atoms with Gasteiger partial charge in [-0.25, -0.2) is 8.78 Å². The lowest BCUT2D eigenvalue weighted by atomic mass is 9.99. The Labute approximate surface area is 115 Å². The van der Waals surface area contributed by atoms with E-state index in [0.29, 0.717) is 0 Å². The van der Waals surface area contributed by atoms with Crippen molar-refractivity contribution >= 4 is 11.9 Å². The van der Waals surface area contributed by atoms with E-state index in [-0.39, 0.29) is 12.0 Å². The van der Waals surface area contributed by atoms with Crippen LogP contribution < -0.4 is 0 Å². The molecule has 0 unspecified atom stereocenters. The van der Waals surface area contributed by atoms with E-state index in [1.807, 2.05) is 0 Å². The molecule has 6 heteroatoms. The number of carbonyl (C=O) groups is 2. The number of aliphatic carboxylic acids is 1. The fourth-order valence-corrected chi connectivity index (χ4v) is 1.55. The van der Waals surface area contributed by atoms with Gasteiger partial charge in [0.1, 0.15) is 5.60 Å². The van der Waals surface area contributed by atoms with Crippen molar-refractivity contribution in [1.82, 2.24) is 0 Å². The van der Waals surface area contributed by atoms with Gasteiger partial charge in [0.25, 0.3) is 0 Å². The molecule has 1 aromatic carbocycles. The monoisotopic (exact) mass is 286 g/mol. The SMILES string of the molecule is CC(C)(C)OC(=O)[C@H](Cc1ccc(F)c(F)c1)C(=O)O. The van der Waals surface area contributed by atoms with Gasteiger partial charge >= 0.3 is 11.9 Å². The molecule has 1 atom stereocenters. The smallest absolute Gasteiger partial charge is 0.321 e. The van der Waals surface area contributed by atoms with E-state index < -0.39 is 35.1 Å². The van der Waals surface area contributed by atoms with Crippen LogP contribution in [0.1, 0.15) is 26.3 Å². The van der Waals surface area contributed by atoms with E-state index in [1.54, 1.807) is 20.8 Å². The van der Waals surface area contributed by atoms with Gasteiger partial charge in [0.15, 0.2) is 17.6 Å². The molecule has 0 aliphatic rings. The second-order valence-electron chi connectivity index (χ2n) is 5.38. The number of benzene rings is 1. The van der Waals surface area contributed by atoms with Crippen molar-refractivity contribution in [3.05, 3.63) is 35.4 Å². The standard InChI is InChI=1S/C14H16F2O4/c1-14(2,3)20-13(19)9(12(17)18)6-8-4-5-10(15)11(16)7-8/h4-5,7,9H,6H2,1-3H3,(H,17,18)/t9-/m1/s1. The number of rotatable bonds is 4. The topological polar surface area (TPSA) is 63.6 Å². The first-order valence-electron chi connectivity index (χ1n) is 6.00. The van der Waals surface area contributed by atoms with E-state index in [0.717, 1.165) is 12.1 Å². The summed E-state index contributed by atoms with van der Waals surface area (Å²) in [5, 5.41) is 9.06. The van der Waals surface area contributed by atoms with E-state index in [2.05, 4.69) is 0 Å². The average Bonchev–Trinajstić information content (AvgIpc) is 2.27. The summed E-state index contributed by atoms with van der Waals surface area (Å²) in [5.74, 6) is -5.86. The summed E-state index contributed by atoms with van der Waals surface area (Å²) in [6.07, 6.45) is -0.262. The van der Waals surface area contributed by atoms with Crippen molar-refractivity contribution in [3.8, 4) is 0 Å². The van der Waals surface area contributed by atoms with Crippen LogP contribution in [0.3, 0.4) is 0 Å². The van der Waals surface area contributed by atoms with Gasteiger partial charge in [0.05, 0.1) is 0 Å². The third kappa shape index (κ3) is 4.60. The average molecular weight is 286 g/mol. The van der Waals surface area contributed by atoms with E-state index in [4.69, 9.17) is 9.84 Å². The van der Waals surface area contributed by atoms with E-state index in [9.17, 15) is 18.4 Å². The molecule has 0 aliphatic heterocycles. The Balaban J connectivity index is 2.90. The fraction of sp³-hybridized carbons (Fsp3) is 0.429. The zero-order valence-electron chi connectivity index (χ0n) is 11.4. The fourth-order valence-electron chi connectivity index (χ4n) is 1.55. The molecule has 4 nitrogen and oxygen atoms in total. The Morgan fingerprint density at radius 3 is 2.30 bits per heavy atom. The molecule has 0 radical (unpaired) electrons. The quantitative estimate of drug-likeness (QED) is 0.682. The van der Waals surface area contributed by atoms with Crippen molar-refractivity contribution in [2.75, 3.05) is 0 Å². The molecule has 20 heavy (non-hydrogen) atoms. The van der Waals surface area contributed by atoms with Crippen molar-refractivity contribution in [3.63, 3.8) is 0 Å². The van der Waals surface area contributed by atoms with Crippen molar-refractivity contribution < 1.29 is 28.2 Å². The third-order valence-electron chi connectivity index (χ3n) is 2.41. The molecule has 0 bridgehead atoms. The maximum atomic E-state index is 13.1. The van der Waals surface area contributed by atoms with Crippen LogP contribution in [0.15, 0.2) is 18.2 Å². The number of carboxylic acid groups (broad SMARTS) is 1. The maximum absolute atomic E-state index is 13.1. The molecule has 0 amide bonds. The molecule has 0 heterocycles. The molecular weight excluding hydrogens is 270 g/mol. The summed E-state index contributed by atoms with van der Waals surface area (Å²) in [5.41, 5.74) is -0.610. The molecule has 0 aliphatic carbocycles. The highest BCUT2D eigenvalue weighted by atomic mass is 19.2. The number of hydrogen-bond acceptors (Lipinski definition) is 3. The normalized spacial score (nSPS) is 12.8. The summed E-state index contributed by atoms with van der Waals surface area (Å²) in [7, 11) is 0. The highest BCUT2D eigenvalue weighted by molar-refractivity contribution is 5.94. The van der Waals surface area contributed by atoms with Gasteiger partial charge in [-0.1, -0.05) is 6.07 Å². The van der Waals surface area contributed by atoms with Gasteiger partial charge in [-0.3, -0.25) is 9.59 Å². The second kappa shape index (κ2) is 5.98. The summed E-state index contributed by atoms with van der Waals surface area (Å²) in [6.45, 7) is 4.84. The maximum Gasteiger partial charge on any atom is 0.321 e. The minimum Gasteiger partial charge on any atom is -0.481 e. The first-order valence-corrected chi connectivity index (χ1v) is 6.00. The molecular formula is C14H16F2O4. The zero-order valence-corrected chi connectivity index (χ0v) is 11.4. The number of halogens is 2. The Bertz CT molecular complexity index is 520. The van der Waals surface area contributed by atoms with E-state index >= 15 is 0 Å². The molecule has 0 aromatic heterocycles. The van der Waals surface area contributed by atoms with Crippen LogP contribution in [-0.2, 0) is 20.7 Å². The number of ether oxygens (including phenoxy) is 1. The minimum atomic E-state index is -1.46. The van der Waals surface area contributed by atoms with Gasteiger partial charge in [-0.15, -0.1) is 0 Å². The van der Waals surface area contributed by atoms with Gasteiger partial charge in [-0.2, -0.15) is 0 Å². The Kier molecular flexibility index (Phi) is 4.81. The van der Waals surface area contributed by atoms with Gasteiger partial charge in [0.2, 0.25) is 0 Å². The summed E-state index contributed by atoms with van der Waals surface area (Å²) >= 11 is 0. The lowest BCUT2D eigenvalue weighted by Gasteiger charge is -2.22. The minimum absolute atomic E-state index is 0.210. The Morgan fingerprint density at radius 2 is 1.85 bits per heavy atom. The third-order valence-corrected chi connectivity index (χ3v) is 2.41. The van der Waals surface area contributed by atoms with Crippen LogP contribution in [0.25, 0.3) is 0 Å². The van der Waals surface area contributed by atoms with Crippen LogP contribution in [0.5, 0.6) is 0 Å². The lowest BCUT2D eigenvalue weighted by molar-refractivity contribution is -0.166. The lowest BCUT2D eigenvalue weighted by Crippen LogP contribution is -2.34. The van der Waals surface area contributed by atoms with E-state index in [1.165, 1.54) is 6.07 Å². The van der Waals surface area contributed by atoms with Gasteiger partial charge in [0, 0.05) is 0 Å². The molecule has 110 valence electrons. The van der Waals surface area contributed by atoms with Crippen molar-refractivity contribution in [2.24, 2.45) is 5.92 Å². The predicted octanol–water partition coefficient (Wildman–Crippen LogP) is 2.55. The number of hydrogen-bond donors (Lipinski definition) is 1. The largest absolute Gasteiger partial charge is 0.481 e. The van der Waals surface area contributed by atoms with Crippen LogP contribution in [0, 0.1) is 17.6 Å². The predicted molar refractivity (Wildman–Crippen MR) is 67.0 cm³/mol. The van der Waals surface area contributed by atoms with Crippen LogP contribution in [0.4, 0.5) is 8.78 Å². The van der Waals surface area contributed by atoms with Gasteiger partial charge < -0.3 is 9.84 Å². The van der Waals surface area contributed by atoms with Crippen molar-refractivity contribution in [2.45, 2.75) is 32.8 Å². The first kappa shape index (κ1) is 16.1. The molecule has 0 saturated carbocycles. The summed E-state index contributed by atoms with van der Waals surface area (Å²) < 4.78 is 30.9. The first-order chi connectivity index (χ1) is 9.10. The second-order valence-corrected chi connectivity index (χ2v) is 5.38. The Hall–Kier alpha value is -1.98. The number of carboxylic acids is 1. The van der Waals surface area contributed by atoms with Gasteiger partial charge in [-0.05, 0) is 44.9 Å². The summed E-state index contributed by atoms with van der Waals surface area (Å²) in [6, 6.07) is 2.99. The van der Waals surface area contributed by atoms with Crippen LogP contribution >= 0.6 is 0 Å². The molecule has 1 rings (SSSR count).